The molecule has 0 heterocycles. The van der Waals surface area contributed by atoms with Gasteiger partial charge < -0.3 is 4.48 Å². The van der Waals surface area contributed by atoms with Crippen LogP contribution < -0.4 is 0 Å². The number of hydrogen-bond donors (Lipinski definition) is 0. The van der Waals surface area contributed by atoms with E-state index in [1.54, 1.807) is 0 Å². The molecule has 0 aromatic carbocycles. The molecule has 0 spiro atoms. The Hall–Kier alpha value is -0.300. The zero-order chi connectivity index (χ0) is 6.78. The second kappa shape index (κ2) is 2.31. The van der Waals surface area contributed by atoms with Gasteiger partial charge in [-0.2, -0.15) is 0 Å². The molecule has 0 amide bonds. The van der Waals surface area contributed by atoms with Gasteiger partial charge in [0, 0.05) is 0 Å². The van der Waals surface area contributed by atoms with Gasteiger partial charge in [-0.05, 0) is 13.0 Å². The van der Waals surface area contributed by atoms with Gasteiger partial charge in [0.25, 0.3) is 0 Å². The van der Waals surface area contributed by atoms with Crippen LogP contribution in [0.4, 0.5) is 0 Å². The number of hydrogen-bond acceptors (Lipinski definition) is 0. The minimum atomic E-state index is 0.551. The normalized spacial score (nSPS) is 15.5. The van der Waals surface area contributed by atoms with Crippen molar-refractivity contribution >= 4 is 0 Å². The highest BCUT2D eigenvalue weighted by atomic mass is 15.3. The fraction of sp³-hybridized carbons (Fsp3) is 0.714. The lowest BCUT2D eigenvalue weighted by Crippen LogP contribution is -2.41. The lowest BCUT2D eigenvalue weighted by Gasteiger charge is -2.28. The molecular weight excluding hydrogens is 98.1 g/mol. The number of rotatable bonds is 2. The molecular formula is C7H16N+. The highest BCUT2D eigenvalue weighted by Gasteiger charge is 2.12. The molecule has 0 rings (SSSR count). The number of likely N-dealkylation sites (N-methyl/N-ethyl adjacent to an activating group) is 1. The molecule has 0 aromatic rings. The summed E-state index contributed by atoms with van der Waals surface area (Å²) < 4.78 is 0.962. The number of quaternary nitrogens is 1. The summed E-state index contributed by atoms with van der Waals surface area (Å²) in [7, 11) is 6.48. The van der Waals surface area contributed by atoms with E-state index in [2.05, 4.69) is 34.6 Å². The zero-order valence-corrected chi connectivity index (χ0v) is 6.31. The molecule has 0 saturated carbocycles. The van der Waals surface area contributed by atoms with Crippen LogP contribution in [-0.2, 0) is 0 Å². The van der Waals surface area contributed by atoms with Gasteiger partial charge in [-0.3, -0.25) is 0 Å². The van der Waals surface area contributed by atoms with E-state index >= 15 is 0 Å². The van der Waals surface area contributed by atoms with Crippen LogP contribution in [-0.4, -0.2) is 31.7 Å². The Kier molecular flexibility index (Phi) is 2.23. The smallest absolute Gasteiger partial charge is 0.104 e. The second-order valence-electron chi connectivity index (χ2n) is 3.09. The Bertz CT molecular complexity index is 78.9. The highest BCUT2D eigenvalue weighted by molar-refractivity contribution is 4.74. The van der Waals surface area contributed by atoms with Crippen molar-refractivity contribution < 1.29 is 4.48 Å². The van der Waals surface area contributed by atoms with Crippen LogP contribution in [0.15, 0.2) is 12.7 Å². The maximum absolute atomic E-state index is 3.71. The van der Waals surface area contributed by atoms with Crippen molar-refractivity contribution in [3.05, 3.63) is 12.7 Å². The molecule has 0 aromatic heterocycles. The molecule has 0 radical (unpaired) electrons. The van der Waals surface area contributed by atoms with E-state index in [0.717, 1.165) is 4.48 Å². The molecule has 0 saturated heterocycles. The summed E-state index contributed by atoms with van der Waals surface area (Å²) in [5.41, 5.74) is 0. The molecule has 1 unspecified atom stereocenters. The van der Waals surface area contributed by atoms with E-state index in [1.807, 2.05) is 6.08 Å². The van der Waals surface area contributed by atoms with Gasteiger partial charge in [-0.15, -0.1) is 0 Å². The van der Waals surface area contributed by atoms with Crippen molar-refractivity contribution in [2.75, 3.05) is 21.1 Å². The summed E-state index contributed by atoms with van der Waals surface area (Å²) in [6.07, 6.45) is 1.97. The molecule has 0 aliphatic rings. The fourth-order valence-corrected chi connectivity index (χ4v) is 0.316. The predicted octanol–water partition coefficient (Wildman–Crippen LogP) is 1.27. The Morgan fingerprint density at radius 2 is 1.75 bits per heavy atom. The van der Waals surface area contributed by atoms with Gasteiger partial charge in [0.1, 0.15) is 6.04 Å². The summed E-state index contributed by atoms with van der Waals surface area (Å²) in [6, 6.07) is 0.551. The van der Waals surface area contributed by atoms with Crippen LogP contribution in [0.25, 0.3) is 0 Å². The standard InChI is InChI=1S/C7H16N/c1-6-7(2)8(3,4)5/h6-7H,1H2,2-5H3/q+1. The maximum atomic E-state index is 3.71. The largest absolute Gasteiger partial charge is 0.325 e. The first-order chi connectivity index (χ1) is 3.48. The average molecular weight is 114 g/mol. The molecule has 0 N–H and O–H groups in total. The van der Waals surface area contributed by atoms with Gasteiger partial charge in [-0.25, -0.2) is 0 Å². The van der Waals surface area contributed by atoms with Crippen LogP contribution in [0, 0.1) is 0 Å². The van der Waals surface area contributed by atoms with Gasteiger partial charge in [0.05, 0.1) is 21.1 Å². The topological polar surface area (TPSA) is 0 Å². The second-order valence-corrected chi connectivity index (χ2v) is 3.09. The summed E-state index contributed by atoms with van der Waals surface area (Å²) in [4.78, 5) is 0. The summed E-state index contributed by atoms with van der Waals surface area (Å²) >= 11 is 0. The molecule has 0 aliphatic heterocycles. The van der Waals surface area contributed by atoms with Crippen molar-refractivity contribution in [2.24, 2.45) is 0 Å². The van der Waals surface area contributed by atoms with Crippen molar-refractivity contribution in [3.63, 3.8) is 0 Å². The number of nitrogens with zero attached hydrogens (tertiary/aromatic N) is 1. The molecule has 1 heteroatoms. The molecule has 1 nitrogen and oxygen atoms in total. The summed E-state index contributed by atoms with van der Waals surface area (Å²) in [6.45, 7) is 5.87. The van der Waals surface area contributed by atoms with E-state index in [-0.39, 0.29) is 0 Å². The maximum Gasteiger partial charge on any atom is 0.104 e. The third-order valence-electron chi connectivity index (χ3n) is 1.56. The molecule has 48 valence electrons. The predicted molar refractivity (Wildman–Crippen MR) is 37.7 cm³/mol. The van der Waals surface area contributed by atoms with Gasteiger partial charge in [0.15, 0.2) is 0 Å². The zero-order valence-electron chi connectivity index (χ0n) is 6.31. The van der Waals surface area contributed by atoms with Crippen LogP contribution in [0.3, 0.4) is 0 Å². The van der Waals surface area contributed by atoms with Crippen molar-refractivity contribution in [1.82, 2.24) is 0 Å². The molecule has 8 heavy (non-hydrogen) atoms. The summed E-state index contributed by atoms with van der Waals surface area (Å²) in [5, 5.41) is 0. The van der Waals surface area contributed by atoms with Crippen molar-refractivity contribution in [1.29, 1.82) is 0 Å². The molecule has 0 fully saturated rings. The highest BCUT2D eigenvalue weighted by Crippen LogP contribution is 2.00. The van der Waals surface area contributed by atoms with E-state index in [9.17, 15) is 0 Å². The van der Waals surface area contributed by atoms with Gasteiger partial charge in [0.2, 0.25) is 0 Å². The average Bonchev–Trinajstić information content (AvgIpc) is 1.62. The fourth-order valence-electron chi connectivity index (χ4n) is 0.316. The lowest BCUT2D eigenvalue weighted by molar-refractivity contribution is -0.887. The van der Waals surface area contributed by atoms with Gasteiger partial charge in [-0.1, -0.05) is 6.58 Å². The first kappa shape index (κ1) is 7.70. The quantitative estimate of drug-likeness (QED) is 0.374. The minimum absolute atomic E-state index is 0.551. The molecule has 0 aliphatic carbocycles. The van der Waals surface area contributed by atoms with E-state index in [4.69, 9.17) is 0 Å². The van der Waals surface area contributed by atoms with Crippen LogP contribution in [0.2, 0.25) is 0 Å². The third kappa shape index (κ3) is 2.12. The van der Waals surface area contributed by atoms with Crippen LogP contribution in [0.5, 0.6) is 0 Å². The Labute approximate surface area is 52.2 Å². The Balaban J connectivity index is 3.80. The third-order valence-corrected chi connectivity index (χ3v) is 1.56. The first-order valence-electron chi connectivity index (χ1n) is 2.92. The van der Waals surface area contributed by atoms with E-state index in [1.165, 1.54) is 0 Å². The van der Waals surface area contributed by atoms with Crippen LogP contribution in [0.1, 0.15) is 6.92 Å². The molecule has 1 atom stereocenters. The monoisotopic (exact) mass is 114 g/mol. The van der Waals surface area contributed by atoms with Crippen molar-refractivity contribution in [3.8, 4) is 0 Å². The van der Waals surface area contributed by atoms with E-state index in [0.29, 0.717) is 6.04 Å². The van der Waals surface area contributed by atoms with Crippen molar-refractivity contribution in [2.45, 2.75) is 13.0 Å². The van der Waals surface area contributed by atoms with Crippen LogP contribution >= 0.6 is 0 Å². The molecule has 0 bridgehead atoms. The Morgan fingerprint density at radius 1 is 1.38 bits per heavy atom. The first-order valence-corrected chi connectivity index (χ1v) is 2.92. The minimum Gasteiger partial charge on any atom is -0.325 e. The van der Waals surface area contributed by atoms with E-state index < -0.39 is 0 Å². The lowest BCUT2D eigenvalue weighted by atomic mass is 10.3. The summed E-state index contributed by atoms with van der Waals surface area (Å²) in [5.74, 6) is 0. The Morgan fingerprint density at radius 3 is 1.75 bits per heavy atom. The van der Waals surface area contributed by atoms with Gasteiger partial charge >= 0.3 is 0 Å². The SMILES string of the molecule is C=CC(C)[N+](C)(C)C.